The largest absolute Gasteiger partial charge is 0.449 e. The Kier molecular flexibility index (Phi) is 4.14. The molecule has 0 spiro atoms. The molecule has 2 atom stereocenters. The van der Waals surface area contributed by atoms with Gasteiger partial charge < -0.3 is 15.2 Å². The normalized spacial score (nSPS) is 19.6. The standard InChI is InChI=1S/C24H21NO3/c26-22-13-15-7-1-2-8-16(15)23(22)25-24(27)28-14-21-19-11-5-3-9-17(19)18-10-4-6-12-20(18)21/h1-12,21-23,26H,13-14H2,(H,25,27)/t22-,23-/m0/s1. The molecule has 0 fully saturated rings. The second kappa shape index (κ2) is 6.80. The van der Waals surface area contributed by atoms with Gasteiger partial charge in [-0.15, -0.1) is 0 Å². The second-order valence-electron chi connectivity index (χ2n) is 7.42. The van der Waals surface area contributed by atoms with Gasteiger partial charge in [0.25, 0.3) is 0 Å². The van der Waals surface area contributed by atoms with Gasteiger partial charge in [-0.2, -0.15) is 0 Å². The van der Waals surface area contributed by atoms with E-state index in [0.717, 1.165) is 11.1 Å². The first kappa shape index (κ1) is 17.0. The average molecular weight is 371 g/mol. The topological polar surface area (TPSA) is 58.6 Å². The number of aliphatic hydroxyl groups excluding tert-OH is 1. The summed E-state index contributed by atoms with van der Waals surface area (Å²) in [7, 11) is 0. The van der Waals surface area contributed by atoms with Crippen molar-refractivity contribution in [3.8, 4) is 11.1 Å². The van der Waals surface area contributed by atoms with Crippen LogP contribution < -0.4 is 5.32 Å². The van der Waals surface area contributed by atoms with Crippen molar-refractivity contribution in [2.24, 2.45) is 0 Å². The number of carbonyl (C=O) groups excluding carboxylic acids is 1. The van der Waals surface area contributed by atoms with E-state index in [1.165, 1.54) is 22.3 Å². The molecule has 28 heavy (non-hydrogen) atoms. The van der Waals surface area contributed by atoms with Gasteiger partial charge in [0.1, 0.15) is 6.61 Å². The van der Waals surface area contributed by atoms with Crippen molar-refractivity contribution in [2.45, 2.75) is 24.5 Å². The van der Waals surface area contributed by atoms with Crippen molar-refractivity contribution in [1.82, 2.24) is 5.32 Å². The lowest BCUT2D eigenvalue weighted by Gasteiger charge is -2.19. The van der Waals surface area contributed by atoms with Gasteiger partial charge in [0, 0.05) is 12.3 Å². The summed E-state index contributed by atoms with van der Waals surface area (Å²) in [5.74, 6) is 0.0268. The van der Waals surface area contributed by atoms with Crippen LogP contribution in [0, 0.1) is 0 Å². The number of carbonyl (C=O) groups is 1. The maximum atomic E-state index is 12.5. The van der Waals surface area contributed by atoms with E-state index in [9.17, 15) is 9.90 Å². The van der Waals surface area contributed by atoms with Crippen LogP contribution in [0.5, 0.6) is 0 Å². The Morgan fingerprint density at radius 1 is 0.893 bits per heavy atom. The lowest BCUT2D eigenvalue weighted by atomic mass is 9.98. The summed E-state index contributed by atoms with van der Waals surface area (Å²) in [6, 6.07) is 23.9. The lowest BCUT2D eigenvalue weighted by Crippen LogP contribution is -2.34. The Labute approximate surface area is 163 Å². The SMILES string of the molecule is O=C(N[C@H]1c2ccccc2C[C@@H]1O)OCC1c2ccccc2-c2ccccc21. The number of nitrogens with one attached hydrogen (secondary N) is 1. The molecule has 3 aromatic rings. The van der Waals surface area contributed by atoms with Gasteiger partial charge in [-0.3, -0.25) is 0 Å². The van der Waals surface area contributed by atoms with Crippen molar-refractivity contribution in [3.63, 3.8) is 0 Å². The lowest BCUT2D eigenvalue weighted by molar-refractivity contribution is 0.111. The molecule has 3 aromatic carbocycles. The third-order valence-corrected chi connectivity index (χ3v) is 5.82. The number of benzene rings is 3. The van der Waals surface area contributed by atoms with Crippen LogP contribution in [0.15, 0.2) is 72.8 Å². The molecular formula is C24H21NO3. The molecule has 5 rings (SSSR count). The van der Waals surface area contributed by atoms with Gasteiger partial charge >= 0.3 is 6.09 Å². The van der Waals surface area contributed by atoms with E-state index >= 15 is 0 Å². The Bertz CT molecular complexity index is 1000. The minimum Gasteiger partial charge on any atom is -0.449 e. The number of alkyl carbamates (subject to hydrolysis) is 1. The monoisotopic (exact) mass is 371 g/mol. The molecule has 4 heteroatoms. The molecule has 0 bridgehead atoms. The Hall–Kier alpha value is -3.11. The van der Waals surface area contributed by atoms with E-state index in [1.54, 1.807) is 0 Å². The summed E-state index contributed by atoms with van der Waals surface area (Å²) in [6.07, 6.45) is -0.578. The van der Waals surface area contributed by atoms with E-state index in [4.69, 9.17) is 4.74 Å². The van der Waals surface area contributed by atoms with Crippen LogP contribution in [0.4, 0.5) is 4.79 Å². The third kappa shape index (κ3) is 2.77. The number of hydrogen-bond donors (Lipinski definition) is 2. The van der Waals surface area contributed by atoms with Gasteiger partial charge in [-0.05, 0) is 33.4 Å². The van der Waals surface area contributed by atoms with Crippen LogP contribution in [0.1, 0.15) is 34.2 Å². The number of fused-ring (bicyclic) bond motifs is 4. The molecule has 0 saturated heterocycles. The van der Waals surface area contributed by atoms with Crippen LogP contribution in [0.3, 0.4) is 0 Å². The molecule has 0 radical (unpaired) electrons. The number of rotatable bonds is 3. The molecule has 4 nitrogen and oxygen atoms in total. The zero-order chi connectivity index (χ0) is 19.1. The number of ether oxygens (including phenoxy) is 1. The maximum absolute atomic E-state index is 12.5. The highest BCUT2D eigenvalue weighted by molar-refractivity contribution is 5.79. The fourth-order valence-electron chi connectivity index (χ4n) is 4.51. The van der Waals surface area contributed by atoms with E-state index in [2.05, 4.69) is 29.6 Å². The van der Waals surface area contributed by atoms with Crippen molar-refractivity contribution < 1.29 is 14.6 Å². The summed E-state index contributed by atoms with van der Waals surface area (Å²) in [4.78, 5) is 12.5. The highest BCUT2D eigenvalue weighted by atomic mass is 16.5. The molecular weight excluding hydrogens is 350 g/mol. The fraction of sp³-hybridized carbons (Fsp3) is 0.208. The Balaban J connectivity index is 1.31. The number of aliphatic hydroxyl groups is 1. The van der Waals surface area contributed by atoms with Gasteiger partial charge in [-0.1, -0.05) is 72.8 Å². The molecule has 2 aliphatic rings. The fourth-order valence-corrected chi connectivity index (χ4v) is 4.51. The zero-order valence-corrected chi connectivity index (χ0v) is 15.3. The summed E-state index contributed by atoms with van der Waals surface area (Å²) in [5, 5.41) is 13.2. The number of amides is 1. The minimum atomic E-state index is -0.627. The second-order valence-corrected chi connectivity index (χ2v) is 7.42. The number of hydrogen-bond acceptors (Lipinski definition) is 3. The molecule has 0 aliphatic heterocycles. The molecule has 0 aromatic heterocycles. The smallest absolute Gasteiger partial charge is 0.407 e. The quantitative estimate of drug-likeness (QED) is 0.726. The van der Waals surface area contributed by atoms with Gasteiger partial charge in [0.05, 0.1) is 12.1 Å². The van der Waals surface area contributed by atoms with Crippen molar-refractivity contribution in [2.75, 3.05) is 6.61 Å². The van der Waals surface area contributed by atoms with Crippen LogP contribution in [0.25, 0.3) is 11.1 Å². The van der Waals surface area contributed by atoms with Crippen molar-refractivity contribution in [1.29, 1.82) is 0 Å². The van der Waals surface area contributed by atoms with Crippen LogP contribution in [-0.4, -0.2) is 23.9 Å². The van der Waals surface area contributed by atoms with Gasteiger partial charge in [0.15, 0.2) is 0 Å². The zero-order valence-electron chi connectivity index (χ0n) is 15.3. The van der Waals surface area contributed by atoms with Crippen molar-refractivity contribution in [3.05, 3.63) is 95.1 Å². The first-order chi connectivity index (χ1) is 13.7. The first-order valence-corrected chi connectivity index (χ1v) is 9.60. The molecule has 0 unspecified atom stereocenters. The average Bonchev–Trinajstić information content (AvgIpc) is 3.21. The van der Waals surface area contributed by atoms with Gasteiger partial charge in [-0.25, -0.2) is 4.79 Å². The molecule has 0 heterocycles. The minimum absolute atomic E-state index is 0.0268. The highest BCUT2D eigenvalue weighted by Gasteiger charge is 2.33. The Morgan fingerprint density at radius 3 is 2.14 bits per heavy atom. The summed E-state index contributed by atoms with van der Waals surface area (Å²) >= 11 is 0. The van der Waals surface area contributed by atoms with Gasteiger partial charge in [0.2, 0.25) is 0 Å². The molecule has 1 amide bonds. The highest BCUT2D eigenvalue weighted by Crippen LogP contribution is 2.44. The summed E-state index contributed by atoms with van der Waals surface area (Å²) in [6.45, 7) is 0.268. The van der Waals surface area contributed by atoms with Crippen molar-refractivity contribution >= 4 is 6.09 Å². The molecule has 140 valence electrons. The predicted molar refractivity (Wildman–Crippen MR) is 107 cm³/mol. The van der Waals surface area contributed by atoms with Crippen LogP contribution >= 0.6 is 0 Å². The van der Waals surface area contributed by atoms with Crippen LogP contribution in [-0.2, 0) is 11.2 Å². The van der Waals surface area contributed by atoms with E-state index < -0.39 is 18.2 Å². The molecule has 2 aliphatic carbocycles. The van der Waals surface area contributed by atoms with E-state index in [1.807, 2.05) is 48.5 Å². The first-order valence-electron chi connectivity index (χ1n) is 9.60. The molecule has 0 saturated carbocycles. The summed E-state index contributed by atoms with van der Waals surface area (Å²) < 4.78 is 5.60. The van der Waals surface area contributed by atoms with E-state index in [-0.39, 0.29) is 12.5 Å². The third-order valence-electron chi connectivity index (χ3n) is 5.82. The maximum Gasteiger partial charge on any atom is 0.407 e. The van der Waals surface area contributed by atoms with E-state index in [0.29, 0.717) is 6.42 Å². The summed E-state index contributed by atoms with van der Waals surface area (Å²) in [5.41, 5.74) is 6.80. The molecule has 2 N–H and O–H groups in total. The van der Waals surface area contributed by atoms with Crippen LogP contribution in [0.2, 0.25) is 0 Å². The Morgan fingerprint density at radius 2 is 1.46 bits per heavy atom. The predicted octanol–water partition coefficient (Wildman–Crippen LogP) is 4.18.